The maximum atomic E-state index is 12.5. The molecule has 4 heteroatoms. The fraction of sp³-hybridized carbons (Fsp3) is 0.947. The van der Waals surface area contributed by atoms with E-state index in [1.54, 1.807) is 0 Å². The quantitative estimate of drug-likeness (QED) is 0.666. The average molecular weight is 341 g/mol. The van der Waals surface area contributed by atoms with E-state index in [0.29, 0.717) is 24.2 Å². The molecule has 4 rings (SSSR count). The van der Waals surface area contributed by atoms with E-state index in [0.717, 1.165) is 38.5 Å². The highest BCUT2D eigenvalue weighted by molar-refractivity contribution is 6.21. The summed E-state index contributed by atoms with van der Waals surface area (Å²) in [5.41, 5.74) is -0.153. The minimum Gasteiger partial charge on any atom is -0.392 e. The molecule has 130 valence electrons. The van der Waals surface area contributed by atoms with Gasteiger partial charge in [0.15, 0.2) is 0 Å². The molecular weight excluding hydrogens is 312 g/mol. The van der Waals surface area contributed by atoms with Crippen LogP contribution in [-0.2, 0) is 4.79 Å². The number of aliphatic hydroxyl groups is 2. The molecule has 23 heavy (non-hydrogen) atoms. The Hall–Kier alpha value is -0.120. The number of rotatable bonds is 0. The SMILES string of the molecule is C[C@]12CC[C@H](O)[C@@H](Cl)[C@@H]1CC[C@H]1[C@@H]3[C@@H](O)CC(=O)[C@@]3(C)CC[C@@H]12. The lowest BCUT2D eigenvalue weighted by molar-refractivity contribution is -0.147. The molecule has 4 aliphatic rings. The number of alkyl halides is 1. The fourth-order valence-electron chi connectivity index (χ4n) is 7.10. The topological polar surface area (TPSA) is 57.5 Å². The Labute approximate surface area is 143 Å². The molecule has 4 saturated carbocycles. The summed E-state index contributed by atoms with van der Waals surface area (Å²) < 4.78 is 0. The highest BCUT2D eigenvalue weighted by atomic mass is 35.5. The van der Waals surface area contributed by atoms with Crippen LogP contribution in [0.3, 0.4) is 0 Å². The van der Waals surface area contributed by atoms with Crippen molar-refractivity contribution >= 4 is 17.4 Å². The molecule has 0 aromatic carbocycles. The average Bonchev–Trinajstić information content (AvgIpc) is 2.73. The lowest BCUT2D eigenvalue weighted by Crippen LogP contribution is -2.58. The number of fused-ring (bicyclic) bond motifs is 5. The third-order valence-electron chi connectivity index (χ3n) is 8.37. The van der Waals surface area contributed by atoms with E-state index >= 15 is 0 Å². The molecule has 9 atom stereocenters. The molecule has 0 saturated heterocycles. The van der Waals surface area contributed by atoms with Gasteiger partial charge in [0.1, 0.15) is 5.78 Å². The molecule has 0 bridgehead atoms. The van der Waals surface area contributed by atoms with Crippen LogP contribution in [0.1, 0.15) is 58.8 Å². The first-order valence-corrected chi connectivity index (χ1v) is 9.76. The van der Waals surface area contributed by atoms with E-state index < -0.39 is 6.10 Å². The Balaban J connectivity index is 1.68. The van der Waals surface area contributed by atoms with Gasteiger partial charge in [-0.05, 0) is 61.7 Å². The van der Waals surface area contributed by atoms with Gasteiger partial charge < -0.3 is 10.2 Å². The van der Waals surface area contributed by atoms with Crippen molar-refractivity contribution < 1.29 is 15.0 Å². The van der Waals surface area contributed by atoms with Crippen LogP contribution < -0.4 is 0 Å². The highest BCUT2D eigenvalue weighted by Crippen LogP contribution is 2.65. The standard InChI is InChI=1S/C19H29ClO3/c1-18-8-6-13(21)17(20)12(18)4-3-10-11(18)5-7-19(2)15(23)9-14(22)16(10)19/h10-14,16-17,21-22H,3-9H2,1-2H3/t10-,11+,12+,13+,14+,16-,17+,18-,19-/m1/s1. The van der Waals surface area contributed by atoms with Crippen LogP contribution >= 0.6 is 11.6 Å². The largest absolute Gasteiger partial charge is 0.392 e. The molecule has 0 heterocycles. The van der Waals surface area contributed by atoms with E-state index in [9.17, 15) is 15.0 Å². The van der Waals surface area contributed by atoms with Gasteiger partial charge in [0.05, 0.1) is 17.6 Å². The van der Waals surface area contributed by atoms with Crippen LogP contribution in [0.15, 0.2) is 0 Å². The summed E-state index contributed by atoms with van der Waals surface area (Å²) in [6.07, 6.45) is 5.38. The maximum absolute atomic E-state index is 12.5. The number of aliphatic hydroxyl groups excluding tert-OH is 2. The van der Waals surface area contributed by atoms with E-state index in [1.807, 2.05) is 0 Å². The first kappa shape index (κ1) is 16.4. The highest BCUT2D eigenvalue weighted by Gasteiger charge is 2.63. The van der Waals surface area contributed by atoms with Gasteiger partial charge in [-0.1, -0.05) is 13.8 Å². The monoisotopic (exact) mass is 340 g/mol. The zero-order valence-corrected chi connectivity index (χ0v) is 14.9. The van der Waals surface area contributed by atoms with Crippen molar-refractivity contribution in [1.29, 1.82) is 0 Å². The lowest BCUT2D eigenvalue weighted by atomic mass is 9.45. The summed E-state index contributed by atoms with van der Waals surface area (Å²) in [5, 5.41) is 20.6. The molecule has 0 radical (unpaired) electrons. The molecule has 0 amide bonds. The molecule has 0 aromatic heterocycles. The predicted molar refractivity (Wildman–Crippen MR) is 89.2 cm³/mol. The van der Waals surface area contributed by atoms with Crippen LogP contribution in [0.25, 0.3) is 0 Å². The number of halogens is 1. The Morgan fingerprint density at radius 3 is 2.48 bits per heavy atom. The number of ketones is 1. The van der Waals surface area contributed by atoms with Crippen molar-refractivity contribution in [3.63, 3.8) is 0 Å². The molecule has 4 aliphatic carbocycles. The number of carbonyl (C=O) groups is 1. The van der Waals surface area contributed by atoms with Crippen molar-refractivity contribution in [2.45, 2.75) is 76.4 Å². The van der Waals surface area contributed by atoms with Gasteiger partial charge in [0, 0.05) is 17.8 Å². The van der Waals surface area contributed by atoms with E-state index in [2.05, 4.69) is 13.8 Å². The van der Waals surface area contributed by atoms with E-state index in [1.165, 1.54) is 0 Å². The Kier molecular flexibility index (Phi) is 3.69. The first-order valence-electron chi connectivity index (χ1n) is 9.32. The second-order valence-electron chi connectivity index (χ2n) is 9.19. The second kappa shape index (κ2) is 5.19. The summed E-state index contributed by atoms with van der Waals surface area (Å²) in [4.78, 5) is 12.5. The molecule has 2 N–H and O–H groups in total. The van der Waals surface area contributed by atoms with E-state index in [-0.39, 0.29) is 34.0 Å². The van der Waals surface area contributed by atoms with E-state index in [4.69, 9.17) is 11.6 Å². The zero-order chi connectivity index (χ0) is 16.6. The molecular formula is C19H29ClO3. The summed E-state index contributed by atoms with van der Waals surface area (Å²) in [6.45, 7) is 4.46. The molecule has 4 fully saturated rings. The van der Waals surface area contributed by atoms with Gasteiger partial charge in [-0.2, -0.15) is 0 Å². The van der Waals surface area contributed by atoms with Crippen molar-refractivity contribution in [2.24, 2.45) is 34.5 Å². The fourth-order valence-corrected chi connectivity index (χ4v) is 7.64. The van der Waals surface area contributed by atoms with Crippen molar-refractivity contribution in [1.82, 2.24) is 0 Å². The van der Waals surface area contributed by atoms with Gasteiger partial charge in [0.2, 0.25) is 0 Å². The minimum absolute atomic E-state index is 0.132. The first-order chi connectivity index (χ1) is 10.8. The van der Waals surface area contributed by atoms with Crippen LogP contribution in [0, 0.1) is 34.5 Å². The lowest BCUT2D eigenvalue weighted by Gasteiger charge is -2.61. The Morgan fingerprint density at radius 2 is 1.74 bits per heavy atom. The van der Waals surface area contributed by atoms with Crippen LogP contribution in [-0.4, -0.2) is 33.6 Å². The third-order valence-corrected chi connectivity index (χ3v) is 8.97. The summed E-state index contributed by atoms with van der Waals surface area (Å²) in [6, 6.07) is 0. The minimum atomic E-state index is -0.457. The molecule has 3 nitrogen and oxygen atoms in total. The summed E-state index contributed by atoms with van der Waals surface area (Å²) >= 11 is 6.60. The van der Waals surface area contributed by atoms with Crippen LogP contribution in [0.5, 0.6) is 0 Å². The Bertz CT molecular complexity index is 523. The molecule has 0 aliphatic heterocycles. The van der Waals surface area contributed by atoms with Crippen LogP contribution in [0.2, 0.25) is 0 Å². The van der Waals surface area contributed by atoms with Gasteiger partial charge >= 0.3 is 0 Å². The summed E-state index contributed by atoms with van der Waals surface area (Å²) in [5.74, 6) is 1.75. The number of Topliss-reactive ketones (excluding diaryl/α,β-unsaturated/α-hetero) is 1. The van der Waals surface area contributed by atoms with Gasteiger partial charge in [0.25, 0.3) is 0 Å². The molecule has 0 unspecified atom stereocenters. The smallest absolute Gasteiger partial charge is 0.141 e. The van der Waals surface area contributed by atoms with Crippen LogP contribution in [0.4, 0.5) is 0 Å². The molecule has 0 aromatic rings. The number of hydrogen-bond donors (Lipinski definition) is 2. The van der Waals surface area contributed by atoms with Gasteiger partial charge in [-0.3, -0.25) is 4.79 Å². The second-order valence-corrected chi connectivity index (χ2v) is 9.69. The summed E-state index contributed by atoms with van der Waals surface area (Å²) in [7, 11) is 0. The normalized spacial score (nSPS) is 59.2. The Morgan fingerprint density at radius 1 is 1.00 bits per heavy atom. The third kappa shape index (κ3) is 2.05. The van der Waals surface area contributed by atoms with Crippen molar-refractivity contribution in [3.05, 3.63) is 0 Å². The van der Waals surface area contributed by atoms with Crippen molar-refractivity contribution in [2.75, 3.05) is 0 Å². The zero-order valence-electron chi connectivity index (χ0n) is 14.2. The maximum Gasteiger partial charge on any atom is 0.141 e. The number of carbonyl (C=O) groups excluding carboxylic acids is 1. The predicted octanol–water partition coefficient (Wildman–Crippen LogP) is 3.15. The van der Waals surface area contributed by atoms with Gasteiger partial charge in [-0.25, -0.2) is 0 Å². The van der Waals surface area contributed by atoms with Crippen molar-refractivity contribution in [3.8, 4) is 0 Å². The van der Waals surface area contributed by atoms with Gasteiger partial charge in [-0.15, -0.1) is 11.6 Å². The number of hydrogen-bond acceptors (Lipinski definition) is 3. The molecule has 0 spiro atoms.